The Labute approximate surface area is 174 Å². The van der Waals surface area contributed by atoms with Gasteiger partial charge in [0.1, 0.15) is 18.0 Å². The molecule has 0 saturated heterocycles. The number of benzene rings is 2. The van der Waals surface area contributed by atoms with E-state index in [0.29, 0.717) is 34.6 Å². The highest BCUT2D eigenvalue weighted by Crippen LogP contribution is 2.35. The number of ether oxygens (including phenoxy) is 4. The van der Waals surface area contributed by atoms with Crippen molar-refractivity contribution < 1.29 is 32.9 Å². The highest BCUT2D eigenvalue weighted by molar-refractivity contribution is 6.17. The summed E-state index contributed by atoms with van der Waals surface area (Å²) in [5.41, 5.74) is 1.61. The molecule has 0 aliphatic heterocycles. The first-order valence-electron chi connectivity index (χ1n) is 9.00. The number of hydrogen-bond acceptors (Lipinski definition) is 6. The molecule has 0 saturated carbocycles. The van der Waals surface area contributed by atoms with Gasteiger partial charge in [0.25, 0.3) is 0 Å². The minimum Gasteiger partial charge on any atom is -0.493 e. The first-order valence-corrected chi connectivity index (χ1v) is 9.00. The van der Waals surface area contributed by atoms with Gasteiger partial charge < -0.3 is 18.9 Å². The minimum absolute atomic E-state index is 0.128. The number of allylic oxidation sites excluding steroid dienone is 1. The Hall–Kier alpha value is -3.61. The monoisotopic (exact) mass is 414 g/mol. The van der Waals surface area contributed by atoms with Gasteiger partial charge in [-0.2, -0.15) is 0 Å². The third kappa shape index (κ3) is 5.70. The second-order valence-electron chi connectivity index (χ2n) is 6.16. The molecule has 0 aliphatic rings. The van der Waals surface area contributed by atoms with Crippen molar-refractivity contribution in [1.29, 1.82) is 0 Å². The summed E-state index contributed by atoms with van der Waals surface area (Å²) in [4.78, 5) is 23.9. The average molecular weight is 414 g/mol. The van der Waals surface area contributed by atoms with Crippen LogP contribution in [-0.2, 0) is 32.1 Å². The molecule has 0 radical (unpaired) electrons. The van der Waals surface area contributed by atoms with Crippen molar-refractivity contribution in [2.24, 2.45) is 0 Å². The first-order chi connectivity index (χ1) is 14.4. The number of methoxy groups -OCH3 is 3. The van der Waals surface area contributed by atoms with E-state index in [2.05, 4.69) is 16.1 Å². The summed E-state index contributed by atoms with van der Waals surface area (Å²) >= 11 is 0. The molecule has 30 heavy (non-hydrogen) atoms. The largest absolute Gasteiger partial charge is 0.493 e. The van der Waals surface area contributed by atoms with E-state index in [1.807, 2.05) is 0 Å². The Kier molecular flexibility index (Phi) is 8.17. The minimum atomic E-state index is -0.822. The fourth-order valence-corrected chi connectivity index (χ4v) is 2.76. The number of carbonyl (C=O) groups is 2. The smallest absolute Gasteiger partial charge is 0.345 e. The normalized spacial score (nSPS) is 10.0. The lowest BCUT2D eigenvalue weighted by Gasteiger charge is -2.16. The predicted molar refractivity (Wildman–Crippen MR) is 110 cm³/mol. The van der Waals surface area contributed by atoms with Gasteiger partial charge in [0.05, 0.1) is 21.3 Å². The molecule has 7 heteroatoms. The van der Waals surface area contributed by atoms with Crippen molar-refractivity contribution in [1.82, 2.24) is 0 Å². The molecule has 0 spiro atoms. The maximum Gasteiger partial charge on any atom is 0.345 e. The summed E-state index contributed by atoms with van der Waals surface area (Å²) in [6.45, 7) is 3.87. The number of esters is 2. The van der Waals surface area contributed by atoms with Gasteiger partial charge in [-0.15, -0.1) is 6.58 Å². The highest BCUT2D eigenvalue weighted by Gasteiger charge is 2.21. The van der Waals surface area contributed by atoms with Crippen molar-refractivity contribution >= 4 is 18.0 Å². The van der Waals surface area contributed by atoms with Gasteiger partial charge >= 0.3 is 11.9 Å². The molecule has 0 N–H and O–H groups in total. The van der Waals surface area contributed by atoms with E-state index in [-0.39, 0.29) is 18.0 Å². The fraction of sp³-hybridized carbons (Fsp3) is 0.217. The van der Waals surface area contributed by atoms with E-state index in [1.165, 1.54) is 39.5 Å². The van der Waals surface area contributed by atoms with Gasteiger partial charge in [-0.3, -0.25) is 0 Å². The molecule has 0 amide bonds. The molecule has 0 unspecified atom stereocenters. The van der Waals surface area contributed by atoms with Gasteiger partial charge in [-0.1, -0.05) is 18.2 Å². The summed E-state index contributed by atoms with van der Waals surface area (Å²) in [6.07, 6.45) is 3.46. The molecular weight excluding hydrogens is 391 g/mol. The van der Waals surface area contributed by atoms with E-state index < -0.39 is 11.9 Å². The van der Waals surface area contributed by atoms with Gasteiger partial charge in [-0.25, -0.2) is 14.0 Å². The lowest BCUT2D eigenvalue weighted by Crippen LogP contribution is -2.15. The lowest BCUT2D eigenvalue weighted by atomic mass is 10.0. The molecule has 0 heterocycles. The van der Waals surface area contributed by atoms with Crippen LogP contribution in [0.15, 0.2) is 54.6 Å². The fourth-order valence-electron chi connectivity index (χ4n) is 2.76. The molecule has 158 valence electrons. The molecule has 2 aromatic carbocycles. The van der Waals surface area contributed by atoms with E-state index in [9.17, 15) is 14.0 Å². The van der Waals surface area contributed by atoms with Crippen LogP contribution >= 0.6 is 0 Å². The van der Waals surface area contributed by atoms with Gasteiger partial charge in [0.2, 0.25) is 0 Å². The van der Waals surface area contributed by atoms with Crippen LogP contribution in [-0.4, -0.2) is 33.3 Å². The number of rotatable bonds is 9. The maximum absolute atomic E-state index is 13.4. The molecule has 2 aromatic rings. The van der Waals surface area contributed by atoms with Crippen LogP contribution in [0, 0.1) is 5.82 Å². The van der Waals surface area contributed by atoms with Crippen LogP contribution in [0.2, 0.25) is 0 Å². The van der Waals surface area contributed by atoms with Crippen molar-refractivity contribution in [3.05, 3.63) is 77.1 Å². The molecule has 0 bridgehead atoms. The summed E-state index contributed by atoms with van der Waals surface area (Å²) in [5, 5.41) is 0. The van der Waals surface area contributed by atoms with Crippen LogP contribution in [0.3, 0.4) is 0 Å². The Balaban J connectivity index is 2.46. The van der Waals surface area contributed by atoms with Crippen molar-refractivity contribution in [3.63, 3.8) is 0 Å². The second kappa shape index (κ2) is 10.8. The van der Waals surface area contributed by atoms with E-state index in [0.717, 1.165) is 0 Å². The van der Waals surface area contributed by atoms with Crippen LogP contribution in [0.1, 0.15) is 16.7 Å². The van der Waals surface area contributed by atoms with Crippen LogP contribution < -0.4 is 9.47 Å². The molecule has 2 rings (SSSR count). The maximum atomic E-state index is 13.4. The first kappa shape index (κ1) is 22.7. The van der Waals surface area contributed by atoms with Crippen LogP contribution in [0.4, 0.5) is 4.39 Å². The summed E-state index contributed by atoms with van der Waals surface area (Å²) in [5.74, 6) is -1.16. The number of carbonyl (C=O) groups excluding carboxylic acids is 2. The predicted octanol–water partition coefficient (Wildman–Crippen LogP) is 3.87. The Morgan fingerprint density at radius 3 is 2.33 bits per heavy atom. The summed E-state index contributed by atoms with van der Waals surface area (Å²) in [6, 6.07) is 9.43. The Bertz CT molecular complexity index is 946. The zero-order chi connectivity index (χ0) is 22.1. The van der Waals surface area contributed by atoms with Crippen molar-refractivity contribution in [3.8, 4) is 11.5 Å². The van der Waals surface area contributed by atoms with Crippen LogP contribution in [0.5, 0.6) is 11.5 Å². The van der Waals surface area contributed by atoms with Crippen molar-refractivity contribution in [2.45, 2.75) is 13.0 Å². The van der Waals surface area contributed by atoms with Crippen molar-refractivity contribution in [2.75, 3.05) is 21.3 Å². The Morgan fingerprint density at radius 1 is 1.07 bits per heavy atom. The lowest BCUT2D eigenvalue weighted by molar-refractivity contribution is -0.143. The van der Waals surface area contributed by atoms with E-state index >= 15 is 0 Å². The third-order valence-electron chi connectivity index (χ3n) is 4.13. The molecule has 0 atom stereocenters. The molecular formula is C23H23FO6. The SMILES string of the molecule is C=CCc1cc(C=C(C(=O)OC)C(=O)OC)cc(OC)c1OCc1cccc(F)c1. The molecule has 0 aromatic heterocycles. The highest BCUT2D eigenvalue weighted by atomic mass is 19.1. The summed E-state index contributed by atoms with van der Waals surface area (Å²) in [7, 11) is 3.81. The zero-order valence-corrected chi connectivity index (χ0v) is 17.1. The average Bonchev–Trinajstić information content (AvgIpc) is 2.75. The number of halogens is 1. The van der Waals surface area contributed by atoms with E-state index in [4.69, 9.17) is 9.47 Å². The molecule has 6 nitrogen and oxygen atoms in total. The van der Waals surface area contributed by atoms with Gasteiger partial charge in [0.15, 0.2) is 11.5 Å². The number of hydrogen-bond donors (Lipinski definition) is 0. The summed E-state index contributed by atoms with van der Waals surface area (Å²) < 4.78 is 34.1. The topological polar surface area (TPSA) is 71.1 Å². The third-order valence-corrected chi connectivity index (χ3v) is 4.13. The van der Waals surface area contributed by atoms with Crippen LogP contribution in [0.25, 0.3) is 6.08 Å². The second-order valence-corrected chi connectivity index (χ2v) is 6.16. The molecule has 0 aliphatic carbocycles. The zero-order valence-electron chi connectivity index (χ0n) is 17.1. The van der Waals surface area contributed by atoms with Gasteiger partial charge in [-0.05, 0) is 47.9 Å². The van der Waals surface area contributed by atoms with E-state index in [1.54, 1.807) is 30.3 Å². The quantitative estimate of drug-likeness (QED) is 0.204. The Morgan fingerprint density at radius 2 is 1.77 bits per heavy atom. The molecule has 0 fully saturated rings. The standard InChI is InChI=1S/C23H23FO6/c1-5-7-17-10-16(12-19(22(25)28-3)23(26)29-4)13-20(27-2)21(17)30-14-15-8-6-9-18(24)11-15/h5-6,8-13H,1,7,14H2,2-4H3. The van der Waals surface area contributed by atoms with Gasteiger partial charge in [0, 0.05) is 5.56 Å².